The van der Waals surface area contributed by atoms with Gasteiger partial charge >= 0.3 is 0 Å². The monoisotopic (exact) mass is 314 g/mol. The van der Waals surface area contributed by atoms with Crippen molar-refractivity contribution in [2.75, 3.05) is 18.6 Å². The summed E-state index contributed by atoms with van der Waals surface area (Å²) in [4.78, 5) is 3.11. The maximum Gasteiger partial charge on any atom is 0.178 e. The molecule has 0 amide bonds. The average molecular weight is 314 g/mol. The number of aromatic nitrogens is 2. The van der Waals surface area contributed by atoms with Gasteiger partial charge in [0.2, 0.25) is 0 Å². The molecule has 0 bridgehead atoms. The highest BCUT2D eigenvalue weighted by molar-refractivity contribution is 7.90. The lowest BCUT2D eigenvalue weighted by Crippen LogP contribution is -2.16. The van der Waals surface area contributed by atoms with E-state index in [0.29, 0.717) is 11.4 Å². The molecular formula is C13H18N2O3S2. The Morgan fingerprint density at radius 1 is 1.45 bits per heavy atom. The van der Waals surface area contributed by atoms with Crippen molar-refractivity contribution in [3.8, 4) is 5.75 Å². The zero-order valence-corrected chi connectivity index (χ0v) is 13.3. The summed E-state index contributed by atoms with van der Waals surface area (Å²) in [5.74, 6) is 0.772. The second-order valence-corrected chi connectivity index (χ2v) is 7.40. The van der Waals surface area contributed by atoms with E-state index in [9.17, 15) is 8.42 Å². The van der Waals surface area contributed by atoms with Crippen molar-refractivity contribution in [3.05, 3.63) is 23.0 Å². The first kappa shape index (κ1) is 15.1. The Bertz CT molecular complexity index is 775. The molecule has 1 N–H and O–H groups in total. The van der Waals surface area contributed by atoms with E-state index < -0.39 is 9.84 Å². The summed E-state index contributed by atoms with van der Waals surface area (Å²) in [6.07, 6.45) is 1.23. The molecule has 2 rings (SSSR count). The summed E-state index contributed by atoms with van der Waals surface area (Å²) in [5.41, 5.74) is 1.66. The average Bonchev–Trinajstić information content (AvgIpc) is 2.64. The fourth-order valence-corrected chi connectivity index (χ4v) is 3.75. The predicted octanol–water partition coefficient (Wildman–Crippen LogP) is 2.70. The Hall–Kier alpha value is -1.34. The van der Waals surface area contributed by atoms with Crippen LogP contribution in [-0.4, -0.2) is 36.6 Å². The molecule has 20 heavy (non-hydrogen) atoms. The zero-order chi connectivity index (χ0) is 14.9. The van der Waals surface area contributed by atoms with Crippen molar-refractivity contribution < 1.29 is 13.2 Å². The highest BCUT2D eigenvalue weighted by Gasteiger charge is 2.17. The zero-order valence-electron chi connectivity index (χ0n) is 11.7. The number of aromatic amines is 1. The molecule has 0 aliphatic carbocycles. The fourth-order valence-electron chi connectivity index (χ4n) is 2.35. The quantitative estimate of drug-likeness (QED) is 0.862. The molecular weight excluding hydrogens is 296 g/mol. The van der Waals surface area contributed by atoms with Gasteiger partial charge in [-0.1, -0.05) is 6.07 Å². The minimum absolute atomic E-state index is 0.0487. The van der Waals surface area contributed by atoms with Crippen LogP contribution in [0.2, 0.25) is 0 Å². The van der Waals surface area contributed by atoms with Crippen LogP contribution in [0.5, 0.6) is 5.75 Å². The molecule has 0 spiro atoms. The van der Waals surface area contributed by atoms with Gasteiger partial charge in [-0.25, -0.2) is 8.42 Å². The molecule has 1 aromatic carbocycles. The van der Waals surface area contributed by atoms with E-state index in [1.165, 1.54) is 6.26 Å². The fraction of sp³-hybridized carbons (Fsp3) is 0.462. The molecule has 1 atom stereocenters. The van der Waals surface area contributed by atoms with Gasteiger partial charge in [0.25, 0.3) is 0 Å². The summed E-state index contributed by atoms with van der Waals surface area (Å²) in [7, 11) is -3.07. The van der Waals surface area contributed by atoms with Gasteiger partial charge in [-0.05, 0) is 38.2 Å². The number of fused-ring (bicyclic) bond motifs is 1. The Labute approximate surface area is 123 Å². The molecule has 1 aromatic heterocycles. The minimum atomic E-state index is -3.07. The van der Waals surface area contributed by atoms with E-state index in [2.05, 4.69) is 4.98 Å². The Balaban J connectivity index is 2.57. The van der Waals surface area contributed by atoms with Crippen molar-refractivity contribution in [3.63, 3.8) is 0 Å². The van der Waals surface area contributed by atoms with Crippen molar-refractivity contribution in [2.45, 2.75) is 19.9 Å². The SMILES string of the molecule is CCOc1cccc2c1[nH]c(=S)n2C(C)CS(C)(=O)=O. The molecule has 0 aliphatic heterocycles. The molecule has 0 fully saturated rings. The molecule has 0 aliphatic rings. The third kappa shape index (κ3) is 3.04. The van der Waals surface area contributed by atoms with Crippen LogP contribution in [0.25, 0.3) is 11.0 Å². The first-order chi connectivity index (χ1) is 9.33. The van der Waals surface area contributed by atoms with Gasteiger partial charge < -0.3 is 14.3 Å². The molecule has 1 unspecified atom stereocenters. The number of nitrogens with one attached hydrogen (secondary N) is 1. The maximum absolute atomic E-state index is 11.5. The van der Waals surface area contributed by atoms with E-state index in [1.54, 1.807) is 0 Å². The number of hydrogen-bond acceptors (Lipinski definition) is 4. The first-order valence-corrected chi connectivity index (χ1v) is 8.84. The summed E-state index contributed by atoms with van der Waals surface area (Å²) >= 11 is 5.32. The van der Waals surface area contributed by atoms with E-state index >= 15 is 0 Å². The van der Waals surface area contributed by atoms with Crippen LogP contribution in [0.15, 0.2) is 18.2 Å². The number of benzene rings is 1. The van der Waals surface area contributed by atoms with Crippen LogP contribution in [-0.2, 0) is 9.84 Å². The third-order valence-corrected chi connectivity index (χ3v) is 4.39. The van der Waals surface area contributed by atoms with Crippen LogP contribution in [0.4, 0.5) is 0 Å². The summed E-state index contributed by atoms with van der Waals surface area (Å²) < 4.78 is 30.8. The smallest absolute Gasteiger partial charge is 0.178 e. The van der Waals surface area contributed by atoms with Crippen LogP contribution < -0.4 is 4.74 Å². The highest BCUT2D eigenvalue weighted by atomic mass is 32.2. The van der Waals surface area contributed by atoms with Crippen molar-refractivity contribution in [2.24, 2.45) is 0 Å². The molecule has 1 heterocycles. The van der Waals surface area contributed by atoms with Gasteiger partial charge in [-0.2, -0.15) is 0 Å². The molecule has 0 saturated heterocycles. The number of H-pyrrole nitrogens is 1. The van der Waals surface area contributed by atoms with Crippen molar-refractivity contribution in [1.82, 2.24) is 9.55 Å². The molecule has 7 heteroatoms. The van der Waals surface area contributed by atoms with Crippen molar-refractivity contribution >= 4 is 33.1 Å². The number of ether oxygens (including phenoxy) is 1. The predicted molar refractivity (Wildman–Crippen MR) is 82.7 cm³/mol. The van der Waals surface area contributed by atoms with Gasteiger partial charge in [0.05, 0.1) is 17.9 Å². The van der Waals surface area contributed by atoms with Crippen LogP contribution >= 0.6 is 12.2 Å². The van der Waals surface area contributed by atoms with Gasteiger partial charge in [-0.15, -0.1) is 0 Å². The van der Waals surface area contributed by atoms with Gasteiger partial charge in [-0.3, -0.25) is 0 Å². The normalized spacial score (nSPS) is 13.6. The van der Waals surface area contributed by atoms with E-state index in [0.717, 1.165) is 16.8 Å². The lowest BCUT2D eigenvalue weighted by Gasteiger charge is -2.13. The van der Waals surface area contributed by atoms with E-state index in [-0.39, 0.29) is 11.8 Å². The standard InChI is InChI=1S/C13H18N2O3S2/c1-4-18-11-7-5-6-10-12(11)14-13(19)15(10)9(2)8-20(3,16)17/h5-7,9H,4,8H2,1-3H3,(H,14,19). The summed E-state index contributed by atoms with van der Waals surface area (Å²) in [5, 5.41) is 0. The van der Waals surface area contributed by atoms with Crippen molar-refractivity contribution in [1.29, 1.82) is 0 Å². The molecule has 0 saturated carbocycles. The Morgan fingerprint density at radius 2 is 2.15 bits per heavy atom. The lowest BCUT2D eigenvalue weighted by molar-refractivity contribution is 0.343. The lowest BCUT2D eigenvalue weighted by atomic mass is 10.2. The first-order valence-electron chi connectivity index (χ1n) is 6.37. The second kappa shape index (κ2) is 5.57. The summed E-state index contributed by atoms with van der Waals surface area (Å²) in [6.45, 7) is 4.32. The highest BCUT2D eigenvalue weighted by Crippen LogP contribution is 2.27. The third-order valence-electron chi connectivity index (χ3n) is 3.00. The topological polar surface area (TPSA) is 64.1 Å². The van der Waals surface area contributed by atoms with Crippen LogP contribution in [0.3, 0.4) is 0 Å². The Kier molecular flexibility index (Phi) is 4.19. The van der Waals surface area contributed by atoms with Gasteiger partial charge in [0, 0.05) is 12.3 Å². The number of rotatable bonds is 5. The van der Waals surface area contributed by atoms with Crippen LogP contribution in [0, 0.1) is 4.77 Å². The number of hydrogen-bond donors (Lipinski definition) is 1. The second-order valence-electron chi connectivity index (χ2n) is 4.82. The van der Waals surface area contributed by atoms with E-state index in [4.69, 9.17) is 17.0 Å². The molecule has 110 valence electrons. The molecule has 2 aromatic rings. The summed E-state index contributed by atoms with van der Waals surface area (Å²) in [6, 6.07) is 5.41. The van der Waals surface area contributed by atoms with E-state index in [1.807, 2.05) is 36.6 Å². The number of nitrogens with zero attached hydrogens (tertiary/aromatic N) is 1. The number of imidazole rings is 1. The molecule has 5 nitrogen and oxygen atoms in total. The van der Waals surface area contributed by atoms with Gasteiger partial charge in [0.1, 0.15) is 21.1 Å². The largest absolute Gasteiger partial charge is 0.492 e. The van der Waals surface area contributed by atoms with Gasteiger partial charge in [0.15, 0.2) is 4.77 Å². The van der Waals surface area contributed by atoms with Crippen LogP contribution in [0.1, 0.15) is 19.9 Å². The number of para-hydroxylation sites is 1. The number of sulfone groups is 1. The molecule has 0 radical (unpaired) electrons. The maximum atomic E-state index is 11.5. The minimum Gasteiger partial charge on any atom is -0.492 e. The Morgan fingerprint density at radius 3 is 2.75 bits per heavy atom.